The second-order valence-electron chi connectivity index (χ2n) is 8.12. The molecule has 1 aliphatic heterocycles. The van der Waals surface area contributed by atoms with Crippen LogP contribution in [-0.4, -0.2) is 38.0 Å². The van der Waals surface area contributed by atoms with Gasteiger partial charge < -0.3 is 20.0 Å². The Hall–Kier alpha value is -3.49. The van der Waals surface area contributed by atoms with Crippen molar-refractivity contribution in [3.63, 3.8) is 0 Å². The van der Waals surface area contributed by atoms with Crippen LogP contribution in [-0.2, 0) is 13.1 Å². The van der Waals surface area contributed by atoms with Crippen molar-refractivity contribution < 1.29 is 18.3 Å². The van der Waals surface area contributed by atoms with E-state index in [0.717, 1.165) is 28.9 Å². The molecule has 0 saturated heterocycles. The standard InChI is InChI=1S/C25H26F2N4O2/c1-30(2)11-10-28-25(32)20-14-22-18(15-29-31(22)16-17-6-4-3-5-7-17)12-24(20)33-23-9-8-19(26)13-21(23)27/h3-9,12-14,29H,10-11,15-16H2,1-2H3,(H,28,32). The van der Waals surface area contributed by atoms with Gasteiger partial charge in [0, 0.05) is 25.7 Å². The quantitative estimate of drug-likeness (QED) is 0.540. The zero-order valence-electron chi connectivity index (χ0n) is 18.6. The number of anilines is 1. The summed E-state index contributed by atoms with van der Waals surface area (Å²) in [6, 6.07) is 16.5. The van der Waals surface area contributed by atoms with Crippen LogP contribution in [0.3, 0.4) is 0 Å². The average Bonchev–Trinajstić information content (AvgIpc) is 3.17. The number of likely N-dealkylation sites (N-methyl/N-ethyl adjacent to an activating group) is 1. The molecule has 6 nitrogen and oxygen atoms in total. The molecule has 0 aliphatic carbocycles. The van der Waals surface area contributed by atoms with Gasteiger partial charge in [0.25, 0.3) is 5.91 Å². The van der Waals surface area contributed by atoms with Gasteiger partial charge in [-0.1, -0.05) is 30.3 Å². The highest BCUT2D eigenvalue weighted by Crippen LogP contribution is 2.36. The lowest BCUT2D eigenvalue weighted by molar-refractivity contribution is 0.0948. The van der Waals surface area contributed by atoms with Gasteiger partial charge in [-0.05, 0) is 49.5 Å². The Balaban J connectivity index is 1.65. The van der Waals surface area contributed by atoms with Crippen LogP contribution in [0.1, 0.15) is 21.5 Å². The number of ether oxygens (including phenoxy) is 1. The van der Waals surface area contributed by atoms with Gasteiger partial charge in [-0.15, -0.1) is 0 Å². The summed E-state index contributed by atoms with van der Waals surface area (Å²) in [6.45, 7) is 2.26. The molecule has 0 aromatic heterocycles. The number of nitrogens with one attached hydrogen (secondary N) is 2. The number of amides is 1. The first-order valence-corrected chi connectivity index (χ1v) is 10.7. The summed E-state index contributed by atoms with van der Waals surface area (Å²) in [5.41, 5.74) is 6.47. The van der Waals surface area contributed by atoms with Gasteiger partial charge in [0.15, 0.2) is 11.6 Å². The predicted molar refractivity (Wildman–Crippen MR) is 123 cm³/mol. The zero-order chi connectivity index (χ0) is 23.4. The van der Waals surface area contributed by atoms with Gasteiger partial charge in [-0.2, -0.15) is 0 Å². The van der Waals surface area contributed by atoms with Crippen LogP contribution in [0.2, 0.25) is 0 Å². The average molecular weight is 453 g/mol. The van der Waals surface area contributed by atoms with Gasteiger partial charge >= 0.3 is 0 Å². The highest BCUT2D eigenvalue weighted by Gasteiger charge is 2.25. The minimum Gasteiger partial charge on any atom is -0.453 e. The van der Waals surface area contributed by atoms with Crippen LogP contribution >= 0.6 is 0 Å². The van der Waals surface area contributed by atoms with Crippen molar-refractivity contribution in [3.05, 3.63) is 89.0 Å². The summed E-state index contributed by atoms with van der Waals surface area (Å²) in [4.78, 5) is 15.0. The van der Waals surface area contributed by atoms with E-state index in [1.54, 1.807) is 12.1 Å². The third-order valence-electron chi connectivity index (χ3n) is 5.32. The molecule has 0 unspecified atom stereocenters. The van der Waals surface area contributed by atoms with Gasteiger partial charge in [-0.25, -0.2) is 14.2 Å². The topological polar surface area (TPSA) is 56.8 Å². The van der Waals surface area contributed by atoms with Crippen LogP contribution in [0.5, 0.6) is 11.5 Å². The molecule has 1 amide bonds. The number of hydrogen-bond acceptors (Lipinski definition) is 5. The van der Waals surface area contributed by atoms with Crippen molar-refractivity contribution >= 4 is 11.6 Å². The molecule has 3 aromatic carbocycles. The van der Waals surface area contributed by atoms with Crippen molar-refractivity contribution in [1.29, 1.82) is 0 Å². The van der Waals surface area contributed by atoms with Crippen molar-refractivity contribution in [2.24, 2.45) is 0 Å². The van der Waals surface area contributed by atoms with Crippen molar-refractivity contribution in [1.82, 2.24) is 15.6 Å². The molecular formula is C25H26F2N4O2. The first-order valence-electron chi connectivity index (χ1n) is 10.7. The Kier molecular flexibility index (Phi) is 6.86. The summed E-state index contributed by atoms with van der Waals surface area (Å²) in [7, 11) is 3.83. The van der Waals surface area contributed by atoms with E-state index < -0.39 is 11.6 Å². The molecule has 0 fully saturated rings. The lowest BCUT2D eigenvalue weighted by Crippen LogP contribution is -2.32. The van der Waals surface area contributed by atoms with E-state index >= 15 is 0 Å². The van der Waals surface area contributed by atoms with E-state index in [1.807, 2.05) is 54.3 Å². The van der Waals surface area contributed by atoms with E-state index in [4.69, 9.17) is 4.74 Å². The van der Waals surface area contributed by atoms with Crippen LogP contribution < -0.4 is 20.5 Å². The number of rotatable bonds is 8. The van der Waals surface area contributed by atoms with Gasteiger partial charge in [0.05, 0.1) is 17.8 Å². The second kappa shape index (κ2) is 9.97. The molecule has 172 valence electrons. The molecule has 33 heavy (non-hydrogen) atoms. The predicted octanol–water partition coefficient (Wildman–Crippen LogP) is 4.07. The van der Waals surface area contributed by atoms with Gasteiger partial charge in [-0.3, -0.25) is 4.79 Å². The highest BCUT2D eigenvalue weighted by atomic mass is 19.1. The van der Waals surface area contributed by atoms with Crippen LogP contribution in [0.4, 0.5) is 14.5 Å². The number of carbonyl (C=O) groups excluding carboxylic acids is 1. The smallest absolute Gasteiger partial charge is 0.255 e. The minimum absolute atomic E-state index is 0.147. The summed E-state index contributed by atoms with van der Waals surface area (Å²) in [6.07, 6.45) is 0. The number of hydrogen-bond donors (Lipinski definition) is 2. The molecule has 0 saturated carbocycles. The number of benzene rings is 3. The maximum absolute atomic E-state index is 14.2. The van der Waals surface area contributed by atoms with E-state index in [-0.39, 0.29) is 23.0 Å². The molecule has 0 spiro atoms. The number of hydrazine groups is 1. The van der Waals surface area contributed by atoms with Crippen molar-refractivity contribution in [2.45, 2.75) is 13.1 Å². The lowest BCUT2D eigenvalue weighted by atomic mass is 10.1. The number of halogens is 2. The first-order chi connectivity index (χ1) is 15.9. The van der Waals surface area contributed by atoms with E-state index in [0.29, 0.717) is 26.2 Å². The molecule has 2 N–H and O–H groups in total. The monoisotopic (exact) mass is 452 g/mol. The molecular weight excluding hydrogens is 426 g/mol. The maximum atomic E-state index is 14.2. The van der Waals surface area contributed by atoms with Crippen LogP contribution in [0, 0.1) is 11.6 Å². The Labute approximate surface area is 191 Å². The first kappa shape index (κ1) is 22.7. The Morgan fingerprint density at radius 3 is 2.61 bits per heavy atom. The van der Waals surface area contributed by atoms with E-state index in [1.165, 1.54) is 6.07 Å². The molecule has 0 radical (unpaired) electrons. The molecule has 8 heteroatoms. The van der Waals surface area contributed by atoms with Gasteiger partial charge in [0.1, 0.15) is 11.6 Å². The molecule has 3 aromatic rings. The third kappa shape index (κ3) is 5.47. The maximum Gasteiger partial charge on any atom is 0.255 e. The second-order valence-corrected chi connectivity index (χ2v) is 8.12. The zero-order valence-corrected chi connectivity index (χ0v) is 18.6. The molecule has 4 rings (SSSR count). The van der Waals surface area contributed by atoms with Crippen LogP contribution in [0.25, 0.3) is 0 Å². The fourth-order valence-corrected chi connectivity index (χ4v) is 3.60. The Morgan fingerprint density at radius 1 is 1.09 bits per heavy atom. The fourth-order valence-electron chi connectivity index (χ4n) is 3.60. The minimum atomic E-state index is -0.835. The van der Waals surface area contributed by atoms with Crippen molar-refractivity contribution in [2.75, 3.05) is 32.2 Å². The molecule has 1 aliphatic rings. The highest BCUT2D eigenvalue weighted by molar-refractivity contribution is 5.98. The third-order valence-corrected chi connectivity index (χ3v) is 5.32. The number of fused-ring (bicyclic) bond motifs is 1. The lowest BCUT2D eigenvalue weighted by Gasteiger charge is -2.21. The van der Waals surface area contributed by atoms with E-state index in [2.05, 4.69) is 10.7 Å². The number of nitrogens with zero attached hydrogens (tertiary/aromatic N) is 2. The number of carbonyl (C=O) groups is 1. The Morgan fingerprint density at radius 2 is 1.88 bits per heavy atom. The summed E-state index contributed by atoms with van der Waals surface area (Å²) in [5.74, 6) is -1.80. The van der Waals surface area contributed by atoms with E-state index in [9.17, 15) is 13.6 Å². The Bertz CT molecular complexity index is 1140. The summed E-state index contributed by atoms with van der Waals surface area (Å²) in [5, 5.41) is 4.86. The molecule has 0 bridgehead atoms. The molecule has 1 heterocycles. The van der Waals surface area contributed by atoms with Crippen molar-refractivity contribution in [3.8, 4) is 11.5 Å². The SMILES string of the molecule is CN(C)CCNC(=O)c1cc2c(cc1Oc1ccc(F)cc1F)CNN2Cc1ccccc1. The van der Waals surface area contributed by atoms with Gasteiger partial charge in [0.2, 0.25) is 0 Å². The summed E-state index contributed by atoms with van der Waals surface area (Å²) >= 11 is 0. The van der Waals surface area contributed by atoms with Crippen LogP contribution in [0.15, 0.2) is 60.7 Å². The normalized spacial score (nSPS) is 12.7. The summed E-state index contributed by atoms with van der Waals surface area (Å²) < 4.78 is 33.3. The fraction of sp³-hybridized carbons (Fsp3) is 0.240. The molecule has 0 atom stereocenters. The largest absolute Gasteiger partial charge is 0.453 e.